The number of nitrogens with two attached hydrogens (primary N) is 1. The van der Waals surface area contributed by atoms with Gasteiger partial charge in [-0.25, -0.2) is 4.79 Å². The number of hydrogen-bond donors (Lipinski definition) is 1. The summed E-state index contributed by atoms with van der Waals surface area (Å²) in [6, 6.07) is 4.73. The number of hydrogen-bond acceptors (Lipinski definition) is 3. The third-order valence-corrected chi connectivity index (χ3v) is 1.98. The van der Waals surface area contributed by atoms with Gasteiger partial charge in [-0.05, 0) is 24.6 Å². The fourth-order valence-electron chi connectivity index (χ4n) is 0.972. The Morgan fingerprint density at radius 1 is 1.53 bits per heavy atom. The van der Waals surface area contributed by atoms with Crippen LogP contribution in [0.3, 0.4) is 0 Å². The number of rotatable bonds is 3. The highest BCUT2D eigenvalue weighted by Gasteiger charge is 2.11. The Kier molecular flexibility index (Phi) is 6.13. The van der Waals surface area contributed by atoms with Crippen molar-refractivity contribution in [2.24, 2.45) is 0 Å². The van der Waals surface area contributed by atoms with Crippen LogP contribution in [0.2, 0.25) is 5.02 Å². The molecule has 0 aromatic heterocycles. The molecule has 84 valence electrons. The van der Waals surface area contributed by atoms with Crippen LogP contribution < -0.4 is 18.1 Å². The van der Waals surface area contributed by atoms with Gasteiger partial charge in [0, 0.05) is 5.69 Å². The van der Waals surface area contributed by atoms with Crippen molar-refractivity contribution in [2.75, 3.05) is 12.3 Å². The molecule has 0 radical (unpaired) electrons. The number of halogens is 2. The van der Waals surface area contributed by atoms with E-state index >= 15 is 0 Å². The van der Waals surface area contributed by atoms with Gasteiger partial charge in [-0.1, -0.05) is 18.5 Å². The van der Waals surface area contributed by atoms with E-state index in [9.17, 15) is 4.79 Å². The molecule has 0 aliphatic rings. The predicted molar refractivity (Wildman–Crippen MR) is 56.4 cm³/mol. The zero-order chi connectivity index (χ0) is 10.6. The van der Waals surface area contributed by atoms with Gasteiger partial charge in [-0.2, -0.15) is 0 Å². The molecule has 1 rings (SSSR count). The average molecular weight is 249 g/mol. The Hall–Kier alpha value is -0.930. The minimum absolute atomic E-state index is 0. The van der Waals surface area contributed by atoms with Crippen LogP contribution in [-0.2, 0) is 4.74 Å². The molecule has 0 heterocycles. The van der Waals surface area contributed by atoms with Gasteiger partial charge in [0.2, 0.25) is 0 Å². The largest absolute Gasteiger partial charge is 1.00 e. The van der Waals surface area contributed by atoms with Crippen LogP contribution in [-0.4, -0.2) is 12.6 Å². The number of carbonyl (C=O) groups excluding carboxylic acids is 1. The maximum Gasteiger partial charge on any atom is 0.339 e. The Balaban J connectivity index is 0.00000196. The Morgan fingerprint density at radius 3 is 2.80 bits per heavy atom. The number of nitrogen functional groups attached to an aromatic ring is 1. The van der Waals surface area contributed by atoms with Crippen molar-refractivity contribution < 1.29 is 21.9 Å². The summed E-state index contributed by atoms with van der Waals surface area (Å²) in [5.74, 6) is -0.427. The molecule has 0 aliphatic heterocycles. The van der Waals surface area contributed by atoms with Crippen molar-refractivity contribution in [3.8, 4) is 0 Å². The fraction of sp³-hybridized carbons (Fsp3) is 0.300. The van der Waals surface area contributed by atoms with Gasteiger partial charge in [-0.3, -0.25) is 0 Å². The Morgan fingerprint density at radius 2 is 2.20 bits per heavy atom. The minimum Gasteiger partial charge on any atom is -1.00 e. The van der Waals surface area contributed by atoms with E-state index < -0.39 is 5.97 Å². The van der Waals surface area contributed by atoms with Gasteiger partial charge in [-0.15, -0.1) is 0 Å². The molecule has 0 unspecified atom stereocenters. The number of benzene rings is 1. The highest BCUT2D eigenvalue weighted by atomic mass is 35.5. The summed E-state index contributed by atoms with van der Waals surface area (Å²) in [7, 11) is 0. The molecule has 0 saturated heterocycles. The second-order valence-electron chi connectivity index (χ2n) is 2.88. The van der Waals surface area contributed by atoms with Crippen LogP contribution in [0.4, 0.5) is 5.69 Å². The fourth-order valence-corrected chi connectivity index (χ4v) is 1.17. The summed E-state index contributed by atoms with van der Waals surface area (Å²) in [6.45, 7) is 2.32. The summed E-state index contributed by atoms with van der Waals surface area (Å²) in [6.07, 6.45) is 0.783. The van der Waals surface area contributed by atoms with Crippen LogP contribution >= 0.6 is 11.6 Å². The lowest BCUT2D eigenvalue weighted by atomic mass is 10.2. The van der Waals surface area contributed by atoms with Gasteiger partial charge in [0.1, 0.15) is 0 Å². The van der Waals surface area contributed by atoms with Crippen LogP contribution in [0, 0.1) is 0 Å². The molecule has 1 aromatic carbocycles. The standard InChI is InChI=1S/C10H12ClNO2.ClH/c1-2-5-14-10(13)8-6-7(12)3-4-9(8)11;/h3-4,6H,2,5,12H2,1H3;1H/p-1. The van der Waals surface area contributed by atoms with Crippen molar-refractivity contribution in [3.63, 3.8) is 0 Å². The lowest BCUT2D eigenvalue weighted by Gasteiger charge is -2.05. The maximum atomic E-state index is 11.4. The molecule has 5 heteroatoms. The number of esters is 1. The van der Waals surface area contributed by atoms with E-state index in [-0.39, 0.29) is 12.4 Å². The molecule has 2 N–H and O–H groups in total. The third-order valence-electron chi connectivity index (χ3n) is 1.65. The van der Waals surface area contributed by atoms with Crippen molar-refractivity contribution >= 4 is 23.3 Å². The molecule has 0 fully saturated rings. The van der Waals surface area contributed by atoms with Crippen LogP contribution in [0.15, 0.2) is 18.2 Å². The number of anilines is 1. The molecular weight excluding hydrogens is 237 g/mol. The Labute approximate surface area is 100.0 Å². The summed E-state index contributed by atoms with van der Waals surface area (Å²) in [5, 5.41) is 0.361. The van der Waals surface area contributed by atoms with Gasteiger partial charge < -0.3 is 22.9 Å². The molecule has 0 bridgehead atoms. The second kappa shape index (κ2) is 6.53. The minimum atomic E-state index is -0.427. The van der Waals surface area contributed by atoms with E-state index in [4.69, 9.17) is 22.1 Å². The predicted octanol–water partition coefficient (Wildman–Crippen LogP) is -0.507. The molecule has 0 spiro atoms. The zero-order valence-electron chi connectivity index (χ0n) is 8.30. The Bertz CT molecular complexity index is 342. The van der Waals surface area contributed by atoms with Crippen molar-refractivity contribution in [1.29, 1.82) is 0 Å². The smallest absolute Gasteiger partial charge is 0.339 e. The highest BCUT2D eigenvalue weighted by molar-refractivity contribution is 6.33. The molecular formula is C10H12Cl2NO2-. The highest BCUT2D eigenvalue weighted by Crippen LogP contribution is 2.19. The molecule has 0 saturated carbocycles. The molecule has 0 atom stereocenters. The summed E-state index contributed by atoms with van der Waals surface area (Å²) < 4.78 is 4.93. The SMILES string of the molecule is CCCOC(=O)c1cc(N)ccc1Cl.[Cl-]. The summed E-state index contributed by atoms with van der Waals surface area (Å²) in [4.78, 5) is 11.4. The van der Waals surface area contributed by atoms with E-state index in [1.54, 1.807) is 12.1 Å². The third kappa shape index (κ3) is 3.98. The maximum absolute atomic E-state index is 11.4. The first-order chi connectivity index (χ1) is 6.65. The van der Waals surface area contributed by atoms with Gasteiger partial charge >= 0.3 is 5.97 Å². The topological polar surface area (TPSA) is 52.3 Å². The van der Waals surface area contributed by atoms with E-state index in [1.165, 1.54) is 6.07 Å². The molecule has 1 aromatic rings. The van der Waals surface area contributed by atoms with Crippen molar-refractivity contribution in [2.45, 2.75) is 13.3 Å². The van der Waals surface area contributed by atoms with E-state index in [0.717, 1.165) is 6.42 Å². The normalized spacial score (nSPS) is 9.20. The van der Waals surface area contributed by atoms with Crippen LogP contribution in [0.5, 0.6) is 0 Å². The number of carbonyl (C=O) groups is 1. The zero-order valence-corrected chi connectivity index (χ0v) is 9.81. The monoisotopic (exact) mass is 248 g/mol. The lowest BCUT2D eigenvalue weighted by molar-refractivity contribution is -0.0000208. The molecule has 15 heavy (non-hydrogen) atoms. The van der Waals surface area contributed by atoms with E-state index in [1.807, 2.05) is 6.92 Å². The first-order valence-electron chi connectivity index (χ1n) is 4.37. The van der Waals surface area contributed by atoms with E-state index in [0.29, 0.717) is 22.9 Å². The quantitative estimate of drug-likeness (QED) is 0.580. The first-order valence-corrected chi connectivity index (χ1v) is 4.75. The van der Waals surface area contributed by atoms with Gasteiger partial charge in [0.05, 0.1) is 17.2 Å². The second-order valence-corrected chi connectivity index (χ2v) is 3.28. The van der Waals surface area contributed by atoms with Crippen LogP contribution in [0.1, 0.15) is 23.7 Å². The molecule has 3 nitrogen and oxygen atoms in total. The average Bonchev–Trinajstić information content (AvgIpc) is 2.18. The van der Waals surface area contributed by atoms with Gasteiger partial charge in [0.15, 0.2) is 0 Å². The van der Waals surface area contributed by atoms with Crippen LogP contribution in [0.25, 0.3) is 0 Å². The van der Waals surface area contributed by atoms with E-state index in [2.05, 4.69) is 0 Å². The lowest BCUT2D eigenvalue weighted by Crippen LogP contribution is -3.00. The summed E-state index contributed by atoms with van der Waals surface area (Å²) in [5.41, 5.74) is 6.35. The van der Waals surface area contributed by atoms with Crippen molar-refractivity contribution in [3.05, 3.63) is 28.8 Å². The molecule has 0 aliphatic carbocycles. The van der Waals surface area contributed by atoms with Crippen molar-refractivity contribution in [1.82, 2.24) is 0 Å². The molecule has 0 amide bonds. The number of ether oxygens (including phenoxy) is 1. The first kappa shape index (κ1) is 14.1. The summed E-state index contributed by atoms with van der Waals surface area (Å²) >= 11 is 5.81. The van der Waals surface area contributed by atoms with Gasteiger partial charge in [0.25, 0.3) is 0 Å².